The van der Waals surface area contributed by atoms with Gasteiger partial charge in [-0.3, -0.25) is 4.98 Å². The van der Waals surface area contributed by atoms with Crippen LogP contribution in [0, 0.1) is 6.92 Å². The number of hydrogen-bond donors (Lipinski definition) is 1. The molecule has 0 aliphatic heterocycles. The van der Waals surface area contributed by atoms with Crippen LogP contribution >= 0.6 is 27.3 Å². The summed E-state index contributed by atoms with van der Waals surface area (Å²) in [6, 6.07) is 10.5. The normalized spacial score (nSPS) is 11.1. The van der Waals surface area contributed by atoms with Gasteiger partial charge in [0.05, 0.1) is 5.52 Å². The van der Waals surface area contributed by atoms with Gasteiger partial charge in [0, 0.05) is 34.0 Å². The van der Waals surface area contributed by atoms with Crippen molar-refractivity contribution in [2.45, 2.75) is 20.0 Å². The van der Waals surface area contributed by atoms with E-state index in [2.05, 4.69) is 62.8 Å². The maximum Gasteiger partial charge on any atom is 0.0758 e. The van der Waals surface area contributed by atoms with Crippen molar-refractivity contribution < 1.29 is 0 Å². The van der Waals surface area contributed by atoms with Gasteiger partial charge in [-0.05, 0) is 41.6 Å². The van der Waals surface area contributed by atoms with E-state index in [1.807, 2.05) is 12.3 Å². The molecule has 0 aliphatic rings. The number of pyridine rings is 1. The highest BCUT2D eigenvalue weighted by Gasteiger charge is 2.05. The van der Waals surface area contributed by atoms with Crippen LogP contribution in [0.2, 0.25) is 0 Å². The Morgan fingerprint density at radius 3 is 2.90 bits per heavy atom. The van der Waals surface area contributed by atoms with Gasteiger partial charge >= 0.3 is 0 Å². The molecule has 0 amide bonds. The molecule has 1 aromatic carbocycles. The molecule has 3 rings (SSSR count). The summed E-state index contributed by atoms with van der Waals surface area (Å²) in [5.41, 5.74) is 3.66. The summed E-state index contributed by atoms with van der Waals surface area (Å²) in [6.07, 6.45) is 1.85. The van der Waals surface area contributed by atoms with E-state index in [0.29, 0.717) is 0 Å². The van der Waals surface area contributed by atoms with E-state index < -0.39 is 0 Å². The first kappa shape index (κ1) is 13.7. The van der Waals surface area contributed by atoms with Gasteiger partial charge in [-0.2, -0.15) is 0 Å². The van der Waals surface area contributed by atoms with Gasteiger partial charge in [-0.25, -0.2) is 0 Å². The number of aromatic nitrogens is 1. The molecule has 0 aliphatic carbocycles. The Kier molecular flexibility index (Phi) is 4.15. The molecule has 20 heavy (non-hydrogen) atoms. The quantitative estimate of drug-likeness (QED) is 0.743. The van der Waals surface area contributed by atoms with E-state index in [9.17, 15) is 0 Å². The number of nitrogens with zero attached hydrogens (tertiary/aromatic N) is 1. The Balaban J connectivity index is 1.78. The van der Waals surface area contributed by atoms with E-state index in [-0.39, 0.29) is 0 Å². The monoisotopic (exact) mass is 346 g/mol. The van der Waals surface area contributed by atoms with Crippen LogP contribution in [-0.4, -0.2) is 4.98 Å². The minimum Gasteiger partial charge on any atom is -0.308 e. The third-order valence-electron chi connectivity index (χ3n) is 3.37. The SMILES string of the molecule is Cc1ccsc1CNCc1ccc(Br)c2cccnc12. The zero-order valence-corrected chi connectivity index (χ0v) is 13.6. The topological polar surface area (TPSA) is 24.9 Å². The van der Waals surface area contributed by atoms with Crippen LogP contribution in [0.4, 0.5) is 0 Å². The smallest absolute Gasteiger partial charge is 0.0758 e. The summed E-state index contributed by atoms with van der Waals surface area (Å²) in [7, 11) is 0. The van der Waals surface area contributed by atoms with Gasteiger partial charge in [0.25, 0.3) is 0 Å². The molecule has 0 radical (unpaired) electrons. The van der Waals surface area contributed by atoms with Gasteiger partial charge in [0.1, 0.15) is 0 Å². The molecule has 4 heteroatoms. The van der Waals surface area contributed by atoms with Crippen molar-refractivity contribution in [3.8, 4) is 0 Å². The molecule has 0 spiro atoms. The summed E-state index contributed by atoms with van der Waals surface area (Å²) < 4.78 is 1.10. The number of thiophene rings is 1. The first-order valence-electron chi connectivity index (χ1n) is 6.51. The predicted octanol–water partition coefficient (Wildman–Crippen LogP) is 4.66. The van der Waals surface area contributed by atoms with Gasteiger partial charge in [-0.15, -0.1) is 11.3 Å². The van der Waals surface area contributed by atoms with Crippen molar-refractivity contribution in [3.63, 3.8) is 0 Å². The summed E-state index contributed by atoms with van der Waals surface area (Å²) >= 11 is 5.39. The first-order chi connectivity index (χ1) is 9.75. The fourth-order valence-electron chi connectivity index (χ4n) is 2.23. The number of benzene rings is 1. The zero-order valence-electron chi connectivity index (χ0n) is 11.2. The highest BCUT2D eigenvalue weighted by atomic mass is 79.9. The van der Waals surface area contributed by atoms with Crippen LogP contribution in [0.15, 0.2) is 46.4 Å². The molecular weight excluding hydrogens is 332 g/mol. The average Bonchev–Trinajstić information content (AvgIpc) is 2.87. The highest BCUT2D eigenvalue weighted by molar-refractivity contribution is 9.10. The van der Waals surface area contributed by atoms with E-state index in [4.69, 9.17) is 0 Å². The van der Waals surface area contributed by atoms with Crippen LogP contribution < -0.4 is 5.32 Å². The molecule has 2 nitrogen and oxygen atoms in total. The Bertz CT molecular complexity index is 736. The van der Waals surface area contributed by atoms with Gasteiger partial charge in [0.2, 0.25) is 0 Å². The summed E-state index contributed by atoms with van der Waals surface area (Å²) in [6.45, 7) is 3.90. The molecule has 2 heterocycles. The highest BCUT2D eigenvalue weighted by Crippen LogP contribution is 2.25. The third kappa shape index (κ3) is 2.77. The number of fused-ring (bicyclic) bond motifs is 1. The molecule has 0 saturated heterocycles. The lowest BCUT2D eigenvalue weighted by Gasteiger charge is -2.08. The summed E-state index contributed by atoms with van der Waals surface area (Å²) in [5, 5.41) is 6.82. The lowest BCUT2D eigenvalue weighted by molar-refractivity contribution is 0.701. The van der Waals surface area contributed by atoms with Crippen molar-refractivity contribution in [2.24, 2.45) is 0 Å². The second kappa shape index (κ2) is 6.04. The van der Waals surface area contributed by atoms with Crippen LogP contribution in [0.5, 0.6) is 0 Å². The Hall–Kier alpha value is -1.23. The van der Waals surface area contributed by atoms with Gasteiger partial charge in [-0.1, -0.05) is 28.1 Å². The van der Waals surface area contributed by atoms with E-state index >= 15 is 0 Å². The van der Waals surface area contributed by atoms with Crippen molar-refractivity contribution in [1.29, 1.82) is 0 Å². The van der Waals surface area contributed by atoms with Crippen LogP contribution in [0.3, 0.4) is 0 Å². The second-order valence-electron chi connectivity index (χ2n) is 4.74. The van der Waals surface area contributed by atoms with Crippen LogP contribution in [-0.2, 0) is 13.1 Å². The predicted molar refractivity (Wildman–Crippen MR) is 89.0 cm³/mol. The third-order valence-corrected chi connectivity index (χ3v) is 5.08. The minimum absolute atomic E-state index is 0.831. The number of halogens is 1. The standard InChI is InChI=1S/C16H15BrN2S/c1-11-6-8-20-15(11)10-18-9-12-4-5-14(17)13-3-2-7-19-16(12)13/h2-8,18H,9-10H2,1H3. The molecule has 102 valence electrons. The van der Waals surface area contributed by atoms with Gasteiger partial charge in [0.15, 0.2) is 0 Å². The molecule has 1 N–H and O–H groups in total. The molecule has 3 aromatic rings. The first-order valence-corrected chi connectivity index (χ1v) is 8.19. The summed E-state index contributed by atoms with van der Waals surface area (Å²) in [5.74, 6) is 0. The second-order valence-corrected chi connectivity index (χ2v) is 6.59. The molecule has 0 unspecified atom stereocenters. The number of rotatable bonds is 4. The largest absolute Gasteiger partial charge is 0.308 e. The van der Waals surface area contributed by atoms with E-state index in [1.165, 1.54) is 21.4 Å². The maximum absolute atomic E-state index is 4.51. The molecule has 2 aromatic heterocycles. The number of hydrogen-bond acceptors (Lipinski definition) is 3. The molecule has 0 atom stereocenters. The van der Waals surface area contributed by atoms with Crippen molar-refractivity contribution in [3.05, 3.63) is 62.4 Å². The zero-order chi connectivity index (χ0) is 13.9. The fourth-order valence-corrected chi connectivity index (χ4v) is 3.56. The summed E-state index contributed by atoms with van der Waals surface area (Å²) in [4.78, 5) is 5.91. The maximum atomic E-state index is 4.51. The fraction of sp³-hybridized carbons (Fsp3) is 0.188. The lowest BCUT2D eigenvalue weighted by atomic mass is 10.1. The Morgan fingerprint density at radius 2 is 2.10 bits per heavy atom. The van der Waals surface area contributed by atoms with Crippen LogP contribution in [0.1, 0.15) is 16.0 Å². The Labute approximate surface area is 131 Å². The number of aryl methyl sites for hydroxylation is 1. The molecule has 0 bridgehead atoms. The van der Waals surface area contributed by atoms with E-state index in [1.54, 1.807) is 11.3 Å². The van der Waals surface area contributed by atoms with Crippen molar-refractivity contribution in [1.82, 2.24) is 10.3 Å². The van der Waals surface area contributed by atoms with Crippen molar-refractivity contribution >= 4 is 38.2 Å². The minimum atomic E-state index is 0.831. The number of nitrogens with one attached hydrogen (secondary N) is 1. The molecule has 0 saturated carbocycles. The Morgan fingerprint density at radius 1 is 1.20 bits per heavy atom. The van der Waals surface area contributed by atoms with Crippen molar-refractivity contribution in [2.75, 3.05) is 0 Å². The van der Waals surface area contributed by atoms with Gasteiger partial charge < -0.3 is 5.32 Å². The molecule has 0 fully saturated rings. The van der Waals surface area contributed by atoms with Crippen LogP contribution in [0.25, 0.3) is 10.9 Å². The lowest BCUT2D eigenvalue weighted by Crippen LogP contribution is -2.13. The molecular formula is C16H15BrN2S. The average molecular weight is 347 g/mol. The van der Waals surface area contributed by atoms with E-state index in [0.717, 1.165) is 23.1 Å².